The number of ether oxygens (including phenoxy) is 1. The minimum Gasteiger partial charge on any atom is -0.478 e. The van der Waals surface area contributed by atoms with Crippen LogP contribution in [0.4, 0.5) is 0 Å². The lowest BCUT2D eigenvalue weighted by atomic mass is 10.2. The van der Waals surface area contributed by atoms with Gasteiger partial charge in [0.25, 0.3) is 0 Å². The number of hydrogen-bond donors (Lipinski definition) is 0. The molecule has 0 aliphatic carbocycles. The van der Waals surface area contributed by atoms with Crippen LogP contribution in [0.3, 0.4) is 0 Å². The molecular formula is C11H17ClN2O. The SMILES string of the molecule is CCCCCCCOc1ccnc(Cl)n1. The topological polar surface area (TPSA) is 35.0 Å². The molecule has 0 bridgehead atoms. The molecule has 4 heteroatoms. The third kappa shape index (κ3) is 5.57. The summed E-state index contributed by atoms with van der Waals surface area (Å²) in [7, 11) is 0. The number of halogens is 1. The Hall–Kier alpha value is -0.830. The van der Waals surface area contributed by atoms with Gasteiger partial charge in [-0.05, 0) is 18.0 Å². The summed E-state index contributed by atoms with van der Waals surface area (Å²) in [5.41, 5.74) is 0. The Balaban J connectivity index is 2.10. The Morgan fingerprint density at radius 2 is 2.07 bits per heavy atom. The van der Waals surface area contributed by atoms with Gasteiger partial charge in [0, 0.05) is 12.3 Å². The number of nitrogens with zero attached hydrogens (tertiary/aromatic N) is 2. The highest BCUT2D eigenvalue weighted by molar-refractivity contribution is 6.28. The average molecular weight is 229 g/mol. The van der Waals surface area contributed by atoms with E-state index in [1.807, 2.05) is 0 Å². The van der Waals surface area contributed by atoms with Gasteiger partial charge in [-0.15, -0.1) is 0 Å². The van der Waals surface area contributed by atoms with Crippen LogP contribution >= 0.6 is 11.6 Å². The first-order chi connectivity index (χ1) is 7.33. The molecule has 3 nitrogen and oxygen atoms in total. The van der Waals surface area contributed by atoms with Crippen LogP contribution in [0.15, 0.2) is 12.3 Å². The first-order valence-corrected chi connectivity index (χ1v) is 5.82. The summed E-state index contributed by atoms with van der Waals surface area (Å²) in [6, 6.07) is 1.72. The molecule has 0 unspecified atom stereocenters. The van der Waals surface area contributed by atoms with Gasteiger partial charge in [-0.3, -0.25) is 0 Å². The van der Waals surface area contributed by atoms with Crippen molar-refractivity contribution in [2.45, 2.75) is 39.0 Å². The fraction of sp³-hybridized carbons (Fsp3) is 0.636. The highest BCUT2D eigenvalue weighted by Gasteiger charge is 1.96. The van der Waals surface area contributed by atoms with Gasteiger partial charge in [-0.25, -0.2) is 4.98 Å². The second-order valence-corrected chi connectivity index (χ2v) is 3.76. The number of hydrogen-bond acceptors (Lipinski definition) is 3. The van der Waals surface area contributed by atoms with E-state index in [9.17, 15) is 0 Å². The van der Waals surface area contributed by atoms with Crippen LogP contribution in [-0.2, 0) is 0 Å². The van der Waals surface area contributed by atoms with Crippen LogP contribution in [0.2, 0.25) is 5.28 Å². The van der Waals surface area contributed by atoms with E-state index in [2.05, 4.69) is 16.9 Å². The second kappa shape index (κ2) is 7.46. The lowest BCUT2D eigenvalue weighted by Gasteiger charge is -2.04. The Kier molecular flexibility index (Phi) is 6.09. The predicted octanol–water partition coefficient (Wildman–Crippen LogP) is 3.48. The molecular weight excluding hydrogens is 212 g/mol. The smallest absolute Gasteiger partial charge is 0.225 e. The van der Waals surface area contributed by atoms with E-state index < -0.39 is 0 Å². The Morgan fingerprint density at radius 3 is 2.80 bits per heavy atom. The Labute approximate surface area is 95.8 Å². The minimum absolute atomic E-state index is 0.235. The zero-order valence-electron chi connectivity index (χ0n) is 9.08. The zero-order valence-corrected chi connectivity index (χ0v) is 9.83. The molecule has 0 aliphatic heterocycles. The van der Waals surface area contributed by atoms with Gasteiger partial charge in [-0.2, -0.15) is 4.98 Å². The fourth-order valence-corrected chi connectivity index (χ4v) is 1.42. The Morgan fingerprint density at radius 1 is 1.27 bits per heavy atom. The summed E-state index contributed by atoms with van der Waals surface area (Å²) in [5, 5.41) is 0.235. The maximum atomic E-state index is 5.62. The first-order valence-electron chi connectivity index (χ1n) is 5.44. The normalized spacial score (nSPS) is 10.3. The molecule has 0 fully saturated rings. The van der Waals surface area contributed by atoms with E-state index in [0.29, 0.717) is 12.5 Å². The van der Waals surface area contributed by atoms with E-state index in [1.165, 1.54) is 25.7 Å². The van der Waals surface area contributed by atoms with Crippen molar-refractivity contribution < 1.29 is 4.74 Å². The highest BCUT2D eigenvalue weighted by atomic mass is 35.5. The average Bonchev–Trinajstić information content (AvgIpc) is 2.23. The zero-order chi connectivity index (χ0) is 10.9. The van der Waals surface area contributed by atoms with Crippen molar-refractivity contribution in [2.24, 2.45) is 0 Å². The van der Waals surface area contributed by atoms with Crippen molar-refractivity contribution in [3.63, 3.8) is 0 Å². The molecule has 0 aromatic carbocycles. The molecule has 1 aromatic rings. The fourth-order valence-electron chi connectivity index (χ4n) is 1.28. The third-order valence-electron chi connectivity index (χ3n) is 2.10. The Bertz CT molecular complexity index is 281. The molecule has 0 spiro atoms. The standard InChI is InChI=1S/C11H17ClN2O/c1-2-3-4-5-6-9-15-10-7-8-13-11(12)14-10/h7-8H,2-6,9H2,1H3. The molecule has 0 saturated heterocycles. The van der Waals surface area contributed by atoms with E-state index in [-0.39, 0.29) is 5.28 Å². The summed E-state index contributed by atoms with van der Waals surface area (Å²) in [6.45, 7) is 2.91. The second-order valence-electron chi connectivity index (χ2n) is 3.43. The first kappa shape index (κ1) is 12.2. The molecule has 84 valence electrons. The monoisotopic (exact) mass is 228 g/mol. The number of rotatable bonds is 7. The van der Waals surface area contributed by atoms with Gasteiger partial charge in [-0.1, -0.05) is 32.6 Å². The van der Waals surface area contributed by atoms with Crippen LogP contribution in [-0.4, -0.2) is 16.6 Å². The molecule has 0 radical (unpaired) electrons. The molecule has 0 aliphatic rings. The van der Waals surface area contributed by atoms with Crippen LogP contribution in [0, 0.1) is 0 Å². The molecule has 0 atom stereocenters. The van der Waals surface area contributed by atoms with Gasteiger partial charge in [0.1, 0.15) is 0 Å². The summed E-state index contributed by atoms with van der Waals surface area (Å²) in [4.78, 5) is 7.72. The van der Waals surface area contributed by atoms with E-state index in [4.69, 9.17) is 16.3 Å². The van der Waals surface area contributed by atoms with E-state index in [1.54, 1.807) is 12.3 Å². The highest BCUT2D eigenvalue weighted by Crippen LogP contribution is 2.09. The van der Waals surface area contributed by atoms with Crippen LogP contribution in [0.25, 0.3) is 0 Å². The van der Waals surface area contributed by atoms with Crippen LogP contribution < -0.4 is 4.74 Å². The van der Waals surface area contributed by atoms with Gasteiger partial charge in [0.15, 0.2) is 0 Å². The van der Waals surface area contributed by atoms with Crippen LogP contribution in [0.1, 0.15) is 39.0 Å². The van der Waals surface area contributed by atoms with E-state index >= 15 is 0 Å². The van der Waals surface area contributed by atoms with Crippen molar-refractivity contribution in [1.82, 2.24) is 9.97 Å². The van der Waals surface area contributed by atoms with Crippen molar-refractivity contribution in [2.75, 3.05) is 6.61 Å². The molecule has 15 heavy (non-hydrogen) atoms. The van der Waals surface area contributed by atoms with Crippen LogP contribution in [0.5, 0.6) is 5.88 Å². The molecule has 1 rings (SSSR count). The van der Waals surface area contributed by atoms with E-state index in [0.717, 1.165) is 6.42 Å². The predicted molar refractivity (Wildman–Crippen MR) is 61.3 cm³/mol. The molecule has 1 heterocycles. The molecule has 1 aromatic heterocycles. The van der Waals surface area contributed by atoms with Crippen molar-refractivity contribution in [1.29, 1.82) is 0 Å². The largest absolute Gasteiger partial charge is 0.478 e. The van der Waals surface area contributed by atoms with Crippen molar-refractivity contribution in [3.05, 3.63) is 17.5 Å². The molecule has 0 amide bonds. The van der Waals surface area contributed by atoms with Crippen molar-refractivity contribution in [3.8, 4) is 5.88 Å². The van der Waals surface area contributed by atoms with Crippen molar-refractivity contribution >= 4 is 11.6 Å². The summed E-state index contributed by atoms with van der Waals surface area (Å²) < 4.78 is 5.43. The lowest BCUT2D eigenvalue weighted by molar-refractivity contribution is 0.293. The third-order valence-corrected chi connectivity index (χ3v) is 2.28. The number of aromatic nitrogens is 2. The summed E-state index contributed by atoms with van der Waals surface area (Å²) in [6.07, 6.45) is 7.74. The maximum Gasteiger partial charge on any atom is 0.225 e. The number of unbranched alkanes of at least 4 members (excludes halogenated alkanes) is 4. The quantitative estimate of drug-likeness (QED) is 0.530. The van der Waals surface area contributed by atoms with Gasteiger partial charge < -0.3 is 4.74 Å². The van der Waals surface area contributed by atoms with Gasteiger partial charge >= 0.3 is 0 Å². The van der Waals surface area contributed by atoms with Gasteiger partial charge in [0.2, 0.25) is 11.2 Å². The van der Waals surface area contributed by atoms with Gasteiger partial charge in [0.05, 0.1) is 6.61 Å². The summed E-state index contributed by atoms with van der Waals surface area (Å²) in [5.74, 6) is 0.561. The summed E-state index contributed by atoms with van der Waals surface area (Å²) >= 11 is 5.62. The molecule has 0 N–H and O–H groups in total. The molecule has 0 saturated carbocycles. The maximum absolute atomic E-state index is 5.62. The lowest BCUT2D eigenvalue weighted by Crippen LogP contribution is -1.99. The minimum atomic E-state index is 0.235.